The molecule has 0 bridgehead atoms. The van der Waals surface area contributed by atoms with Crippen molar-refractivity contribution in [2.45, 2.75) is 13.8 Å². The number of tetrazole rings is 1. The molecule has 5 nitrogen and oxygen atoms in total. The average molecular weight is 165 g/mol. The number of nitrogens with zero attached hydrogens (tertiary/aromatic N) is 4. The number of nitrogen functional groups attached to an aromatic ring is 1. The molecule has 0 aliphatic heterocycles. The van der Waals surface area contributed by atoms with Crippen molar-refractivity contribution in [3.05, 3.63) is 18.2 Å². The zero-order chi connectivity index (χ0) is 9.14. The van der Waals surface area contributed by atoms with Gasteiger partial charge in [-0.1, -0.05) is 17.3 Å². The first-order valence-electron chi connectivity index (χ1n) is 3.49. The standard InChI is InChI=1S/C7H11N5/c1-5(2)4-6(3)12-7(8)9-10-11-12/h4H,1H2,2-3H3,(H2,8,9,11)/b6-4-. The Kier molecular flexibility index (Phi) is 2.23. The molecule has 0 atom stereocenters. The SMILES string of the molecule is C=C(C)/C=C(/C)n1nnnc1N. The number of aromatic nitrogens is 4. The van der Waals surface area contributed by atoms with Crippen molar-refractivity contribution in [2.24, 2.45) is 0 Å². The third-order valence-electron chi connectivity index (χ3n) is 1.28. The molecule has 0 saturated carbocycles. The van der Waals surface area contributed by atoms with Gasteiger partial charge in [-0.2, -0.15) is 4.68 Å². The molecule has 1 aromatic rings. The van der Waals surface area contributed by atoms with Gasteiger partial charge >= 0.3 is 0 Å². The van der Waals surface area contributed by atoms with E-state index in [-0.39, 0.29) is 5.95 Å². The van der Waals surface area contributed by atoms with Gasteiger partial charge in [0.1, 0.15) is 0 Å². The molecule has 0 aromatic carbocycles. The number of hydrogen-bond donors (Lipinski definition) is 1. The minimum Gasteiger partial charge on any atom is -0.366 e. The van der Waals surface area contributed by atoms with Crippen molar-refractivity contribution < 1.29 is 0 Å². The van der Waals surface area contributed by atoms with Gasteiger partial charge in [0.15, 0.2) is 0 Å². The molecular formula is C7H11N5. The van der Waals surface area contributed by atoms with E-state index in [0.29, 0.717) is 0 Å². The van der Waals surface area contributed by atoms with Gasteiger partial charge in [0.05, 0.1) is 0 Å². The van der Waals surface area contributed by atoms with E-state index >= 15 is 0 Å². The van der Waals surface area contributed by atoms with Crippen LogP contribution in [0.3, 0.4) is 0 Å². The van der Waals surface area contributed by atoms with Crippen LogP contribution in [0.25, 0.3) is 5.70 Å². The van der Waals surface area contributed by atoms with Crippen molar-refractivity contribution in [3.8, 4) is 0 Å². The summed E-state index contributed by atoms with van der Waals surface area (Å²) in [5, 5.41) is 10.7. The summed E-state index contributed by atoms with van der Waals surface area (Å²) in [6.07, 6.45) is 1.85. The molecule has 1 rings (SSSR count). The Morgan fingerprint density at radius 3 is 2.67 bits per heavy atom. The quantitative estimate of drug-likeness (QED) is 0.654. The third kappa shape index (κ3) is 1.69. The van der Waals surface area contributed by atoms with E-state index in [2.05, 4.69) is 22.1 Å². The summed E-state index contributed by atoms with van der Waals surface area (Å²) in [6, 6.07) is 0. The Hall–Kier alpha value is -1.65. The summed E-state index contributed by atoms with van der Waals surface area (Å²) < 4.78 is 1.45. The molecular weight excluding hydrogens is 154 g/mol. The molecule has 0 aliphatic rings. The van der Waals surface area contributed by atoms with Gasteiger partial charge in [0.25, 0.3) is 0 Å². The highest BCUT2D eigenvalue weighted by atomic mass is 15.6. The normalized spacial score (nSPS) is 11.7. The fraction of sp³-hybridized carbons (Fsp3) is 0.286. The Bertz CT molecular complexity index is 322. The molecule has 0 spiro atoms. The second kappa shape index (κ2) is 3.17. The molecule has 1 heterocycles. The summed E-state index contributed by atoms with van der Waals surface area (Å²) in [5.41, 5.74) is 7.26. The largest absolute Gasteiger partial charge is 0.366 e. The van der Waals surface area contributed by atoms with Crippen LogP contribution in [-0.2, 0) is 0 Å². The highest BCUT2D eigenvalue weighted by molar-refractivity contribution is 5.49. The van der Waals surface area contributed by atoms with E-state index in [4.69, 9.17) is 5.73 Å². The summed E-state index contributed by atoms with van der Waals surface area (Å²) >= 11 is 0. The second-order valence-corrected chi connectivity index (χ2v) is 2.58. The van der Waals surface area contributed by atoms with Crippen molar-refractivity contribution in [1.82, 2.24) is 20.2 Å². The number of rotatable bonds is 2. The van der Waals surface area contributed by atoms with E-state index < -0.39 is 0 Å². The van der Waals surface area contributed by atoms with Gasteiger partial charge < -0.3 is 5.73 Å². The summed E-state index contributed by atoms with van der Waals surface area (Å²) in [7, 11) is 0. The van der Waals surface area contributed by atoms with E-state index in [1.54, 1.807) is 0 Å². The van der Waals surface area contributed by atoms with Crippen LogP contribution in [0.1, 0.15) is 13.8 Å². The highest BCUT2D eigenvalue weighted by Crippen LogP contribution is 2.07. The first kappa shape index (κ1) is 8.45. The van der Waals surface area contributed by atoms with Crippen LogP contribution in [0.15, 0.2) is 18.2 Å². The number of hydrogen-bond acceptors (Lipinski definition) is 4. The zero-order valence-corrected chi connectivity index (χ0v) is 7.15. The maximum Gasteiger partial charge on any atom is 0.244 e. The van der Waals surface area contributed by atoms with Crippen LogP contribution >= 0.6 is 0 Å². The van der Waals surface area contributed by atoms with E-state index in [9.17, 15) is 0 Å². The van der Waals surface area contributed by atoms with Crippen molar-refractivity contribution in [2.75, 3.05) is 5.73 Å². The molecule has 0 aliphatic carbocycles. The van der Waals surface area contributed by atoms with Crippen LogP contribution in [0, 0.1) is 0 Å². The zero-order valence-electron chi connectivity index (χ0n) is 7.15. The van der Waals surface area contributed by atoms with E-state index in [0.717, 1.165) is 11.3 Å². The third-order valence-corrected chi connectivity index (χ3v) is 1.28. The molecule has 0 fully saturated rings. The van der Waals surface area contributed by atoms with Crippen molar-refractivity contribution in [1.29, 1.82) is 0 Å². The molecule has 0 saturated heterocycles. The lowest BCUT2D eigenvalue weighted by atomic mass is 10.3. The van der Waals surface area contributed by atoms with Gasteiger partial charge in [-0.05, 0) is 30.4 Å². The van der Waals surface area contributed by atoms with Gasteiger partial charge in [-0.15, -0.1) is 0 Å². The predicted octanol–water partition coefficient (Wildman–Crippen LogP) is 0.692. The summed E-state index contributed by atoms with van der Waals surface area (Å²) in [5.74, 6) is 0.282. The van der Waals surface area contributed by atoms with Gasteiger partial charge in [-0.25, -0.2) is 0 Å². The van der Waals surface area contributed by atoms with Crippen LogP contribution in [-0.4, -0.2) is 20.2 Å². The number of anilines is 1. The minimum atomic E-state index is 0.282. The fourth-order valence-corrected chi connectivity index (χ4v) is 0.863. The topological polar surface area (TPSA) is 69.6 Å². The Balaban J connectivity index is 2.99. The maximum absolute atomic E-state index is 5.47. The van der Waals surface area contributed by atoms with Crippen molar-refractivity contribution >= 4 is 11.6 Å². The lowest BCUT2D eigenvalue weighted by molar-refractivity contribution is 0.800. The molecule has 12 heavy (non-hydrogen) atoms. The molecule has 5 heteroatoms. The monoisotopic (exact) mass is 165 g/mol. The average Bonchev–Trinajstić information content (AvgIpc) is 2.33. The van der Waals surface area contributed by atoms with Crippen molar-refractivity contribution in [3.63, 3.8) is 0 Å². The second-order valence-electron chi connectivity index (χ2n) is 2.58. The Morgan fingerprint density at radius 2 is 2.25 bits per heavy atom. The molecule has 1 aromatic heterocycles. The van der Waals surface area contributed by atoms with Gasteiger partial charge in [-0.3, -0.25) is 0 Å². The Labute approximate surface area is 70.6 Å². The number of nitrogens with two attached hydrogens (primary N) is 1. The number of allylic oxidation sites excluding steroid dienone is 3. The molecule has 0 amide bonds. The molecule has 64 valence electrons. The smallest absolute Gasteiger partial charge is 0.244 e. The Morgan fingerprint density at radius 1 is 1.58 bits per heavy atom. The minimum absolute atomic E-state index is 0.282. The van der Waals surface area contributed by atoms with Crippen LogP contribution in [0.2, 0.25) is 0 Å². The molecule has 2 N–H and O–H groups in total. The predicted molar refractivity (Wildman–Crippen MR) is 47.0 cm³/mol. The lowest BCUT2D eigenvalue weighted by Crippen LogP contribution is -2.02. The van der Waals surface area contributed by atoms with Crippen LogP contribution < -0.4 is 5.73 Å². The van der Waals surface area contributed by atoms with Crippen LogP contribution in [0.5, 0.6) is 0 Å². The molecule has 0 radical (unpaired) electrons. The highest BCUT2D eigenvalue weighted by Gasteiger charge is 2.01. The molecule has 0 unspecified atom stereocenters. The van der Waals surface area contributed by atoms with E-state index in [1.807, 2.05) is 19.9 Å². The van der Waals surface area contributed by atoms with E-state index in [1.165, 1.54) is 4.68 Å². The van der Waals surface area contributed by atoms with Crippen LogP contribution in [0.4, 0.5) is 5.95 Å². The van der Waals surface area contributed by atoms with Gasteiger partial charge in [0, 0.05) is 5.70 Å². The summed E-state index contributed by atoms with van der Waals surface area (Å²) in [4.78, 5) is 0. The first-order valence-corrected chi connectivity index (χ1v) is 3.49. The lowest BCUT2D eigenvalue weighted by Gasteiger charge is -1.99. The maximum atomic E-state index is 5.47. The first-order chi connectivity index (χ1) is 5.61. The van der Waals surface area contributed by atoms with Gasteiger partial charge in [0.2, 0.25) is 5.95 Å². The fourth-order valence-electron chi connectivity index (χ4n) is 0.863. The summed E-state index contributed by atoms with van der Waals surface area (Å²) in [6.45, 7) is 7.49.